The maximum atomic E-state index is 12.6. The lowest BCUT2D eigenvalue weighted by molar-refractivity contribution is -0.157. The molecule has 4 aliphatic rings. The first-order valence-corrected chi connectivity index (χ1v) is 10.3. The Balaban J connectivity index is 1.75. The molecule has 0 N–H and O–H groups in total. The van der Waals surface area contributed by atoms with Crippen LogP contribution in [0, 0.1) is 34.5 Å². The third-order valence-electron chi connectivity index (χ3n) is 8.79. The fraction of sp³-hybridized carbons (Fsp3) is 0.739. The van der Waals surface area contributed by atoms with Crippen LogP contribution in [0.5, 0.6) is 0 Å². The molecule has 0 aliphatic heterocycles. The van der Waals surface area contributed by atoms with Crippen LogP contribution in [0.25, 0.3) is 0 Å². The Morgan fingerprint density at radius 3 is 2.65 bits per heavy atom. The minimum atomic E-state index is -0.306. The summed E-state index contributed by atoms with van der Waals surface area (Å²) in [5.41, 5.74) is 3.01. The normalized spacial score (nSPS) is 46.2. The molecule has 0 radical (unpaired) electrons. The number of esters is 1. The Kier molecular flexibility index (Phi) is 4.20. The highest BCUT2D eigenvalue weighted by molar-refractivity contribution is 5.95. The van der Waals surface area contributed by atoms with E-state index in [0.29, 0.717) is 23.7 Å². The van der Waals surface area contributed by atoms with Gasteiger partial charge >= 0.3 is 5.97 Å². The summed E-state index contributed by atoms with van der Waals surface area (Å²) < 4.78 is 5.15. The van der Waals surface area contributed by atoms with Gasteiger partial charge in [0.1, 0.15) is 0 Å². The first kappa shape index (κ1) is 18.0. The van der Waals surface area contributed by atoms with Gasteiger partial charge in [-0.2, -0.15) is 0 Å². The molecule has 3 fully saturated rings. The van der Waals surface area contributed by atoms with Crippen molar-refractivity contribution in [2.75, 3.05) is 7.11 Å². The van der Waals surface area contributed by atoms with Gasteiger partial charge in [0.25, 0.3) is 0 Å². The van der Waals surface area contributed by atoms with Crippen molar-refractivity contribution in [2.45, 2.75) is 65.7 Å². The standard InChI is InChI=1S/C23H32O3/c1-5-14-7-9-18-17-8-6-15-12-16(24)13-20(21(25)26-4)23(15,3)19(17)10-11-22(14,18)2/h5,12,17-20H,6-11,13H2,1-4H3/t17-,18-,19-,20?,22+,23-/m0/s1. The van der Waals surface area contributed by atoms with Crippen LogP contribution in [-0.2, 0) is 14.3 Å². The lowest BCUT2D eigenvalue weighted by Gasteiger charge is -2.59. The maximum absolute atomic E-state index is 12.6. The zero-order valence-electron chi connectivity index (χ0n) is 16.6. The summed E-state index contributed by atoms with van der Waals surface area (Å²) in [6.07, 6.45) is 11.6. The van der Waals surface area contributed by atoms with E-state index in [0.717, 1.165) is 18.8 Å². The summed E-state index contributed by atoms with van der Waals surface area (Å²) >= 11 is 0. The zero-order valence-corrected chi connectivity index (χ0v) is 16.6. The molecule has 142 valence electrons. The molecular formula is C23H32O3. The number of fused-ring (bicyclic) bond motifs is 5. The van der Waals surface area contributed by atoms with E-state index >= 15 is 0 Å². The van der Waals surface area contributed by atoms with Gasteiger partial charge in [0.2, 0.25) is 0 Å². The average molecular weight is 357 g/mol. The molecule has 0 aromatic rings. The monoisotopic (exact) mass is 356 g/mol. The Bertz CT molecular complexity index is 702. The number of carbonyl (C=O) groups is 2. The van der Waals surface area contributed by atoms with Gasteiger partial charge in [0.15, 0.2) is 5.78 Å². The highest BCUT2D eigenvalue weighted by Crippen LogP contribution is 2.67. The predicted molar refractivity (Wildman–Crippen MR) is 101 cm³/mol. The van der Waals surface area contributed by atoms with Crippen molar-refractivity contribution in [3.05, 3.63) is 23.3 Å². The average Bonchev–Trinajstić information content (AvgIpc) is 2.97. The molecule has 0 bridgehead atoms. The van der Waals surface area contributed by atoms with E-state index in [1.165, 1.54) is 38.4 Å². The minimum absolute atomic E-state index is 0.101. The van der Waals surface area contributed by atoms with E-state index in [2.05, 4.69) is 26.8 Å². The Labute approximate surface area is 157 Å². The van der Waals surface area contributed by atoms with Gasteiger partial charge in [-0.1, -0.05) is 31.1 Å². The molecule has 0 spiro atoms. The van der Waals surface area contributed by atoms with Crippen LogP contribution in [0.2, 0.25) is 0 Å². The smallest absolute Gasteiger partial charge is 0.310 e. The van der Waals surface area contributed by atoms with Crippen molar-refractivity contribution in [3.63, 3.8) is 0 Å². The molecule has 0 amide bonds. The van der Waals surface area contributed by atoms with Crippen LogP contribution in [-0.4, -0.2) is 18.9 Å². The van der Waals surface area contributed by atoms with Gasteiger partial charge in [0.05, 0.1) is 13.0 Å². The highest BCUT2D eigenvalue weighted by Gasteiger charge is 2.61. The zero-order chi connectivity index (χ0) is 18.7. The van der Waals surface area contributed by atoms with E-state index in [-0.39, 0.29) is 23.1 Å². The van der Waals surface area contributed by atoms with Gasteiger partial charge in [-0.15, -0.1) is 0 Å². The molecule has 3 heteroatoms. The lowest BCUT2D eigenvalue weighted by Crippen LogP contribution is -2.54. The molecule has 1 unspecified atom stereocenters. The van der Waals surface area contributed by atoms with Crippen LogP contribution in [0.1, 0.15) is 65.7 Å². The minimum Gasteiger partial charge on any atom is -0.469 e. The van der Waals surface area contributed by atoms with E-state index in [4.69, 9.17) is 4.74 Å². The largest absolute Gasteiger partial charge is 0.469 e. The van der Waals surface area contributed by atoms with E-state index in [1.807, 2.05) is 6.08 Å². The Hall–Kier alpha value is -1.38. The summed E-state index contributed by atoms with van der Waals surface area (Å²) in [7, 11) is 1.46. The van der Waals surface area contributed by atoms with Crippen LogP contribution in [0.3, 0.4) is 0 Å². The second kappa shape index (κ2) is 6.07. The van der Waals surface area contributed by atoms with Crippen LogP contribution >= 0.6 is 0 Å². The second-order valence-electron chi connectivity index (χ2n) is 9.42. The first-order chi connectivity index (χ1) is 12.4. The predicted octanol–water partition coefficient (Wildman–Crippen LogP) is 4.86. The number of rotatable bonds is 1. The third kappa shape index (κ3) is 2.25. The third-order valence-corrected chi connectivity index (χ3v) is 8.79. The molecular weight excluding hydrogens is 324 g/mol. The van der Waals surface area contributed by atoms with Crippen molar-refractivity contribution in [1.29, 1.82) is 0 Å². The second-order valence-corrected chi connectivity index (χ2v) is 9.42. The fourth-order valence-corrected chi connectivity index (χ4v) is 7.43. The maximum Gasteiger partial charge on any atom is 0.310 e. The number of allylic oxidation sites excluding steroid dienone is 3. The molecule has 3 nitrogen and oxygen atoms in total. The fourth-order valence-electron chi connectivity index (χ4n) is 7.43. The van der Waals surface area contributed by atoms with Gasteiger partial charge in [-0.25, -0.2) is 0 Å². The van der Waals surface area contributed by atoms with Crippen molar-refractivity contribution < 1.29 is 14.3 Å². The molecule has 0 aromatic carbocycles. The van der Waals surface area contributed by atoms with Crippen LogP contribution in [0.4, 0.5) is 0 Å². The van der Waals surface area contributed by atoms with E-state index < -0.39 is 0 Å². The summed E-state index contributed by atoms with van der Waals surface area (Å²) in [6, 6.07) is 0. The highest BCUT2D eigenvalue weighted by atomic mass is 16.5. The van der Waals surface area contributed by atoms with E-state index in [9.17, 15) is 9.59 Å². The van der Waals surface area contributed by atoms with Crippen LogP contribution < -0.4 is 0 Å². The van der Waals surface area contributed by atoms with Crippen molar-refractivity contribution in [1.82, 2.24) is 0 Å². The van der Waals surface area contributed by atoms with Crippen molar-refractivity contribution >= 4 is 11.8 Å². The topological polar surface area (TPSA) is 43.4 Å². The molecule has 4 rings (SSSR count). The number of hydrogen-bond acceptors (Lipinski definition) is 3. The van der Waals surface area contributed by atoms with Crippen molar-refractivity contribution in [2.24, 2.45) is 34.5 Å². The van der Waals surface area contributed by atoms with Gasteiger partial charge in [-0.05, 0) is 74.7 Å². The first-order valence-electron chi connectivity index (χ1n) is 10.3. The quantitative estimate of drug-likeness (QED) is 0.497. The molecule has 26 heavy (non-hydrogen) atoms. The lowest BCUT2D eigenvalue weighted by atomic mass is 9.45. The molecule has 0 saturated heterocycles. The Morgan fingerprint density at radius 2 is 1.96 bits per heavy atom. The number of methoxy groups -OCH3 is 1. The number of hydrogen-bond donors (Lipinski definition) is 0. The van der Waals surface area contributed by atoms with Crippen molar-refractivity contribution in [3.8, 4) is 0 Å². The molecule has 3 saturated carbocycles. The number of ketones is 1. The van der Waals surface area contributed by atoms with Crippen LogP contribution in [0.15, 0.2) is 23.3 Å². The SMILES string of the molecule is CC=C1CC[C@H]2[C@@H]3CCC4=CC(=O)CC(C(=O)OC)[C@]4(C)[C@H]3CC[C@]12C. The number of ether oxygens (including phenoxy) is 1. The summed E-state index contributed by atoms with van der Waals surface area (Å²) in [6.45, 7) is 6.93. The molecule has 0 heterocycles. The van der Waals surface area contributed by atoms with Gasteiger partial charge < -0.3 is 4.74 Å². The molecule has 0 aromatic heterocycles. The summed E-state index contributed by atoms with van der Waals surface area (Å²) in [5, 5.41) is 0. The van der Waals surface area contributed by atoms with Gasteiger partial charge in [-0.3, -0.25) is 9.59 Å². The van der Waals surface area contributed by atoms with E-state index in [1.54, 1.807) is 5.57 Å². The Morgan fingerprint density at radius 1 is 1.19 bits per heavy atom. The molecule has 4 aliphatic carbocycles. The summed E-state index contributed by atoms with van der Waals surface area (Å²) in [5.74, 6) is 1.48. The number of carbonyl (C=O) groups excluding carboxylic acids is 2. The molecule has 6 atom stereocenters. The summed E-state index contributed by atoms with van der Waals surface area (Å²) in [4.78, 5) is 24.9. The van der Waals surface area contributed by atoms with Gasteiger partial charge in [0, 0.05) is 11.8 Å².